The monoisotopic (exact) mass is 219 g/mol. The van der Waals surface area contributed by atoms with Crippen molar-refractivity contribution < 1.29 is 9.90 Å². The molecule has 0 saturated carbocycles. The van der Waals surface area contributed by atoms with Crippen LogP contribution in [-0.4, -0.2) is 34.6 Å². The van der Waals surface area contributed by atoms with Gasteiger partial charge in [-0.25, -0.2) is 0 Å². The molecule has 0 unspecified atom stereocenters. The number of benzene rings is 1. The largest absolute Gasteiger partial charge is 0.386 e. The van der Waals surface area contributed by atoms with Crippen LogP contribution in [0.15, 0.2) is 18.2 Å². The van der Waals surface area contributed by atoms with Gasteiger partial charge in [0.05, 0.1) is 18.7 Å². The number of amides is 1. The Kier molecular flexibility index (Phi) is 2.50. The Morgan fingerprint density at radius 3 is 2.44 bits per heavy atom. The molecule has 16 heavy (non-hydrogen) atoms. The van der Waals surface area contributed by atoms with Gasteiger partial charge in [-0.05, 0) is 44.0 Å². The summed E-state index contributed by atoms with van der Waals surface area (Å²) in [7, 11) is 0. The Morgan fingerprint density at radius 1 is 1.31 bits per heavy atom. The Balaban J connectivity index is 2.13. The van der Waals surface area contributed by atoms with Crippen molar-refractivity contribution in [2.24, 2.45) is 0 Å². The molecule has 1 fully saturated rings. The summed E-state index contributed by atoms with van der Waals surface area (Å²) in [6.07, 6.45) is 0. The van der Waals surface area contributed by atoms with Crippen molar-refractivity contribution >= 4 is 5.91 Å². The van der Waals surface area contributed by atoms with Gasteiger partial charge < -0.3 is 10.0 Å². The van der Waals surface area contributed by atoms with Crippen LogP contribution >= 0.6 is 0 Å². The van der Waals surface area contributed by atoms with E-state index in [1.807, 2.05) is 32.0 Å². The van der Waals surface area contributed by atoms with E-state index in [1.165, 1.54) is 5.56 Å². The fraction of sp³-hybridized carbons (Fsp3) is 0.462. The molecule has 1 amide bonds. The normalized spacial score (nSPS) is 18.1. The first-order valence-corrected chi connectivity index (χ1v) is 5.48. The van der Waals surface area contributed by atoms with Gasteiger partial charge in [-0.3, -0.25) is 4.79 Å². The summed E-state index contributed by atoms with van der Waals surface area (Å²) in [5, 5.41) is 9.58. The van der Waals surface area contributed by atoms with Crippen LogP contribution in [0.3, 0.4) is 0 Å². The highest BCUT2D eigenvalue weighted by atomic mass is 16.3. The average molecular weight is 219 g/mol. The summed E-state index contributed by atoms with van der Waals surface area (Å²) in [6, 6.07) is 5.71. The highest BCUT2D eigenvalue weighted by Gasteiger charge is 2.39. The number of rotatable bonds is 1. The minimum atomic E-state index is -0.699. The number of aliphatic hydroxyl groups is 1. The second-order valence-electron chi connectivity index (χ2n) is 4.96. The van der Waals surface area contributed by atoms with Crippen molar-refractivity contribution in [1.82, 2.24) is 4.90 Å². The van der Waals surface area contributed by atoms with Crippen molar-refractivity contribution in [2.75, 3.05) is 13.1 Å². The number of β-amino-alcohol motifs (C(OH)–C–C–N with tert-alkyl or cyclic N) is 1. The van der Waals surface area contributed by atoms with E-state index in [2.05, 4.69) is 0 Å². The van der Waals surface area contributed by atoms with Crippen LogP contribution in [0, 0.1) is 13.8 Å². The third-order valence-corrected chi connectivity index (χ3v) is 3.10. The van der Waals surface area contributed by atoms with E-state index in [-0.39, 0.29) is 5.91 Å². The standard InChI is InChI=1S/C13H17NO2/c1-9-4-5-11(6-10(9)2)12(15)14-7-13(3,16)8-14/h4-6,16H,7-8H2,1-3H3. The first kappa shape index (κ1) is 11.1. The van der Waals surface area contributed by atoms with E-state index in [0.717, 1.165) is 5.56 Å². The molecular formula is C13H17NO2. The quantitative estimate of drug-likeness (QED) is 0.777. The van der Waals surface area contributed by atoms with Gasteiger partial charge in [0.1, 0.15) is 0 Å². The molecule has 3 heteroatoms. The molecule has 0 bridgehead atoms. The molecule has 86 valence electrons. The smallest absolute Gasteiger partial charge is 0.254 e. The maximum absolute atomic E-state index is 12.0. The summed E-state index contributed by atoms with van der Waals surface area (Å²) in [6.45, 7) is 6.63. The van der Waals surface area contributed by atoms with Gasteiger partial charge in [0.2, 0.25) is 0 Å². The molecule has 0 radical (unpaired) electrons. The van der Waals surface area contributed by atoms with Crippen LogP contribution in [0.25, 0.3) is 0 Å². The van der Waals surface area contributed by atoms with Gasteiger partial charge in [0.25, 0.3) is 5.91 Å². The van der Waals surface area contributed by atoms with E-state index in [1.54, 1.807) is 11.8 Å². The van der Waals surface area contributed by atoms with E-state index < -0.39 is 5.60 Å². The van der Waals surface area contributed by atoms with Crippen molar-refractivity contribution in [3.8, 4) is 0 Å². The predicted octanol–water partition coefficient (Wildman–Crippen LogP) is 1.51. The number of nitrogens with zero attached hydrogens (tertiary/aromatic N) is 1. The SMILES string of the molecule is Cc1ccc(C(=O)N2CC(C)(O)C2)cc1C. The Hall–Kier alpha value is -1.35. The summed E-state index contributed by atoms with van der Waals surface area (Å²) in [5.74, 6) is 0.00891. The molecule has 2 rings (SSSR count). The molecule has 1 saturated heterocycles. The topological polar surface area (TPSA) is 40.5 Å². The molecule has 0 atom stereocenters. The van der Waals surface area contributed by atoms with Gasteiger partial charge in [-0.1, -0.05) is 6.07 Å². The molecule has 1 N–H and O–H groups in total. The van der Waals surface area contributed by atoms with Crippen molar-refractivity contribution in [3.05, 3.63) is 34.9 Å². The third kappa shape index (κ3) is 1.95. The zero-order valence-electron chi connectivity index (χ0n) is 9.95. The summed E-state index contributed by atoms with van der Waals surface area (Å²) in [5.41, 5.74) is 2.32. The minimum Gasteiger partial charge on any atom is -0.386 e. The third-order valence-electron chi connectivity index (χ3n) is 3.10. The lowest BCUT2D eigenvalue weighted by Gasteiger charge is -2.44. The molecular weight excluding hydrogens is 202 g/mol. The number of aryl methyl sites for hydroxylation is 2. The first-order chi connectivity index (χ1) is 7.39. The second-order valence-corrected chi connectivity index (χ2v) is 4.96. The lowest BCUT2D eigenvalue weighted by atomic mass is 9.95. The fourth-order valence-corrected chi connectivity index (χ4v) is 1.98. The van der Waals surface area contributed by atoms with Gasteiger partial charge >= 0.3 is 0 Å². The average Bonchev–Trinajstić information content (AvgIpc) is 2.17. The molecule has 1 aromatic rings. The summed E-state index contributed by atoms with van der Waals surface area (Å²) < 4.78 is 0. The lowest BCUT2D eigenvalue weighted by molar-refractivity contribution is -0.0668. The van der Waals surface area contributed by atoms with Crippen LogP contribution in [0.1, 0.15) is 28.4 Å². The molecule has 3 nitrogen and oxygen atoms in total. The molecule has 0 aliphatic carbocycles. The molecule has 1 heterocycles. The number of carbonyl (C=O) groups excluding carboxylic acids is 1. The van der Waals surface area contributed by atoms with Crippen LogP contribution in [0.4, 0.5) is 0 Å². The lowest BCUT2D eigenvalue weighted by Crippen LogP contribution is -2.61. The second kappa shape index (κ2) is 3.59. The molecule has 0 aromatic heterocycles. The van der Waals surface area contributed by atoms with Crippen molar-refractivity contribution in [3.63, 3.8) is 0 Å². The first-order valence-electron chi connectivity index (χ1n) is 5.48. The number of hydrogen-bond acceptors (Lipinski definition) is 2. The van der Waals surface area contributed by atoms with E-state index in [9.17, 15) is 9.90 Å². The van der Waals surface area contributed by atoms with Crippen LogP contribution in [0.5, 0.6) is 0 Å². The summed E-state index contributed by atoms with van der Waals surface area (Å²) in [4.78, 5) is 13.7. The molecule has 1 aliphatic rings. The minimum absolute atomic E-state index is 0.00891. The Bertz CT molecular complexity index is 430. The van der Waals surface area contributed by atoms with Crippen LogP contribution in [-0.2, 0) is 0 Å². The number of carbonyl (C=O) groups is 1. The predicted molar refractivity (Wildman–Crippen MR) is 62.4 cm³/mol. The van der Waals surface area contributed by atoms with Gasteiger partial charge in [-0.15, -0.1) is 0 Å². The van der Waals surface area contributed by atoms with Gasteiger partial charge in [0, 0.05) is 5.56 Å². The van der Waals surface area contributed by atoms with Crippen molar-refractivity contribution in [2.45, 2.75) is 26.4 Å². The van der Waals surface area contributed by atoms with Gasteiger partial charge in [-0.2, -0.15) is 0 Å². The van der Waals surface area contributed by atoms with E-state index in [0.29, 0.717) is 18.7 Å². The Labute approximate surface area is 95.7 Å². The number of likely N-dealkylation sites (tertiary alicyclic amines) is 1. The van der Waals surface area contributed by atoms with E-state index in [4.69, 9.17) is 0 Å². The summed E-state index contributed by atoms with van der Waals surface area (Å²) >= 11 is 0. The zero-order valence-corrected chi connectivity index (χ0v) is 9.95. The van der Waals surface area contributed by atoms with Crippen LogP contribution in [0.2, 0.25) is 0 Å². The van der Waals surface area contributed by atoms with E-state index >= 15 is 0 Å². The fourth-order valence-electron chi connectivity index (χ4n) is 1.98. The zero-order chi connectivity index (χ0) is 11.9. The highest BCUT2D eigenvalue weighted by molar-refractivity contribution is 5.95. The van der Waals surface area contributed by atoms with Crippen LogP contribution < -0.4 is 0 Å². The molecule has 0 spiro atoms. The highest BCUT2D eigenvalue weighted by Crippen LogP contribution is 2.22. The maximum Gasteiger partial charge on any atom is 0.254 e. The van der Waals surface area contributed by atoms with Crippen molar-refractivity contribution in [1.29, 1.82) is 0 Å². The maximum atomic E-state index is 12.0. The molecule has 1 aliphatic heterocycles. The molecule has 1 aromatic carbocycles. The van der Waals surface area contributed by atoms with Gasteiger partial charge in [0.15, 0.2) is 0 Å². The Morgan fingerprint density at radius 2 is 1.94 bits per heavy atom. The number of hydrogen-bond donors (Lipinski definition) is 1.